The van der Waals surface area contributed by atoms with E-state index in [9.17, 15) is 29.4 Å². The molecule has 0 radical (unpaired) electrons. The maximum atomic E-state index is 13.4. The predicted molar refractivity (Wildman–Crippen MR) is 145 cm³/mol. The van der Waals surface area contributed by atoms with Crippen molar-refractivity contribution in [2.24, 2.45) is 0 Å². The molecule has 4 atom stereocenters. The fourth-order valence-electron chi connectivity index (χ4n) is 5.65. The van der Waals surface area contributed by atoms with Crippen molar-refractivity contribution in [1.29, 1.82) is 0 Å². The smallest absolute Gasteiger partial charge is 0.411 e. The van der Waals surface area contributed by atoms with Gasteiger partial charge in [-0.05, 0) is 63.8 Å². The minimum Gasteiger partial charge on any atom is -0.480 e. The zero-order valence-electron chi connectivity index (χ0n) is 23.6. The molecule has 2 amide bonds. The Morgan fingerprint density at radius 2 is 0.975 bits per heavy atom. The fourth-order valence-corrected chi connectivity index (χ4v) is 5.65. The van der Waals surface area contributed by atoms with Gasteiger partial charge in [0.1, 0.15) is 23.3 Å². The second-order valence-corrected chi connectivity index (χ2v) is 12.2. The lowest BCUT2D eigenvalue weighted by Crippen LogP contribution is -2.59. The van der Waals surface area contributed by atoms with Gasteiger partial charge in [-0.1, -0.05) is 48.5 Å². The van der Waals surface area contributed by atoms with Gasteiger partial charge >= 0.3 is 24.1 Å². The zero-order chi connectivity index (χ0) is 29.6. The number of rotatable bonds is 3. The van der Waals surface area contributed by atoms with Gasteiger partial charge in [0.15, 0.2) is 0 Å². The van der Waals surface area contributed by atoms with E-state index in [4.69, 9.17) is 9.47 Å². The summed E-state index contributed by atoms with van der Waals surface area (Å²) in [7, 11) is 0. The molecule has 10 nitrogen and oxygen atoms in total. The van der Waals surface area contributed by atoms with Gasteiger partial charge in [-0.2, -0.15) is 0 Å². The highest BCUT2D eigenvalue weighted by atomic mass is 16.6. The molecule has 214 valence electrons. The Hall–Kier alpha value is -4.08. The molecular formula is C30H36N2O8. The second-order valence-electron chi connectivity index (χ2n) is 12.2. The number of amides is 2. The maximum absolute atomic E-state index is 13.4. The third kappa shape index (κ3) is 5.76. The number of benzene rings is 2. The number of fused-ring (bicyclic) bond motifs is 2. The Morgan fingerprint density at radius 3 is 1.27 bits per heavy atom. The molecule has 10 heteroatoms. The van der Waals surface area contributed by atoms with Crippen molar-refractivity contribution in [3.05, 3.63) is 70.8 Å². The van der Waals surface area contributed by atoms with Crippen LogP contribution in [0.2, 0.25) is 0 Å². The number of aliphatic carboxylic acids is 2. The third-order valence-electron chi connectivity index (χ3n) is 7.01. The van der Waals surface area contributed by atoms with Crippen molar-refractivity contribution < 1.29 is 38.9 Å². The van der Waals surface area contributed by atoms with Gasteiger partial charge in [-0.25, -0.2) is 19.2 Å². The van der Waals surface area contributed by atoms with E-state index in [1.165, 1.54) is 0 Å². The van der Waals surface area contributed by atoms with Crippen LogP contribution in [-0.4, -0.2) is 67.4 Å². The van der Waals surface area contributed by atoms with Gasteiger partial charge in [0.2, 0.25) is 0 Å². The lowest BCUT2D eigenvalue weighted by atomic mass is 9.67. The number of carbonyl (C=O) groups excluding carboxylic acids is 2. The summed E-state index contributed by atoms with van der Waals surface area (Å²) in [6, 6.07) is 11.2. The van der Waals surface area contributed by atoms with Crippen LogP contribution >= 0.6 is 0 Å². The molecule has 40 heavy (non-hydrogen) atoms. The first-order valence-electron chi connectivity index (χ1n) is 13.2. The summed E-state index contributed by atoms with van der Waals surface area (Å²) in [5, 5.41) is 21.2. The molecule has 4 rings (SSSR count). The van der Waals surface area contributed by atoms with E-state index in [-0.39, 0.29) is 13.1 Å². The molecule has 0 bridgehead atoms. The molecule has 2 aromatic carbocycles. The molecule has 0 aliphatic carbocycles. The van der Waals surface area contributed by atoms with Crippen LogP contribution in [0.15, 0.2) is 48.5 Å². The van der Waals surface area contributed by atoms with E-state index in [0.717, 1.165) is 9.80 Å². The third-order valence-corrected chi connectivity index (χ3v) is 7.01. The van der Waals surface area contributed by atoms with Gasteiger partial charge in [0.05, 0.1) is 13.1 Å². The van der Waals surface area contributed by atoms with Gasteiger partial charge in [-0.15, -0.1) is 0 Å². The Morgan fingerprint density at radius 1 is 0.650 bits per heavy atom. The van der Waals surface area contributed by atoms with E-state index in [0.29, 0.717) is 22.3 Å². The van der Waals surface area contributed by atoms with E-state index in [2.05, 4.69) is 0 Å². The average molecular weight is 553 g/mol. The van der Waals surface area contributed by atoms with Crippen LogP contribution in [0.25, 0.3) is 0 Å². The van der Waals surface area contributed by atoms with E-state index >= 15 is 0 Å². The zero-order valence-corrected chi connectivity index (χ0v) is 23.6. The second kappa shape index (κ2) is 10.5. The molecule has 2 aliphatic rings. The van der Waals surface area contributed by atoms with Crippen LogP contribution in [0.3, 0.4) is 0 Å². The summed E-state index contributed by atoms with van der Waals surface area (Å²) in [4.78, 5) is 55.1. The first-order chi connectivity index (χ1) is 18.6. The van der Waals surface area contributed by atoms with Crippen molar-refractivity contribution in [1.82, 2.24) is 9.80 Å². The number of hydrogen-bond donors (Lipinski definition) is 2. The number of carbonyl (C=O) groups is 4. The SMILES string of the molecule is CC(C)(C)OC(=O)N1Cc2ccccc2C(C2c3ccccc3CN(C(=O)OC(C)(C)C)C2C(=O)O)C1C(=O)O. The first kappa shape index (κ1) is 28.9. The summed E-state index contributed by atoms with van der Waals surface area (Å²) < 4.78 is 11.2. The molecule has 0 saturated carbocycles. The maximum Gasteiger partial charge on any atom is 0.411 e. The lowest BCUT2D eigenvalue weighted by molar-refractivity contribution is -0.149. The van der Waals surface area contributed by atoms with Gasteiger partial charge in [0, 0.05) is 11.8 Å². The number of hydrogen-bond acceptors (Lipinski definition) is 6. The summed E-state index contributed by atoms with van der Waals surface area (Å²) in [5.41, 5.74) is 0.778. The molecule has 0 saturated heterocycles. The Kier molecular flexibility index (Phi) is 7.58. The van der Waals surface area contributed by atoms with Crippen molar-refractivity contribution >= 4 is 24.1 Å². The Balaban J connectivity index is 1.95. The topological polar surface area (TPSA) is 134 Å². The number of carboxylic acids is 2. The van der Waals surface area contributed by atoms with E-state index in [1.807, 2.05) is 0 Å². The highest BCUT2D eigenvalue weighted by molar-refractivity contribution is 5.85. The van der Waals surface area contributed by atoms with Crippen LogP contribution in [0, 0.1) is 0 Å². The number of ether oxygens (including phenoxy) is 2. The summed E-state index contributed by atoms with van der Waals surface area (Å²) in [5.74, 6) is -4.66. The average Bonchev–Trinajstić information content (AvgIpc) is 2.84. The van der Waals surface area contributed by atoms with Crippen LogP contribution < -0.4 is 0 Å². The normalized spacial score (nSPS) is 22.6. The molecule has 0 fully saturated rings. The minimum atomic E-state index is -1.47. The van der Waals surface area contributed by atoms with Crippen molar-refractivity contribution in [3.63, 3.8) is 0 Å². The monoisotopic (exact) mass is 552 g/mol. The molecule has 2 aromatic rings. The Bertz CT molecular complexity index is 1220. The summed E-state index contributed by atoms with van der Waals surface area (Å²) in [6.45, 7) is 10.1. The van der Waals surface area contributed by atoms with Crippen LogP contribution in [0.1, 0.15) is 75.6 Å². The predicted octanol–water partition coefficient (Wildman–Crippen LogP) is 4.96. The minimum absolute atomic E-state index is 0.0273. The Labute approximate surface area is 233 Å². The fraction of sp³-hybridized carbons (Fsp3) is 0.467. The lowest BCUT2D eigenvalue weighted by Gasteiger charge is -2.48. The molecule has 2 heterocycles. The molecule has 4 unspecified atom stereocenters. The quantitative estimate of drug-likeness (QED) is 0.546. The number of nitrogens with zero attached hydrogens (tertiary/aromatic N) is 2. The van der Waals surface area contributed by atoms with Gasteiger partial charge in [0.25, 0.3) is 0 Å². The molecular weight excluding hydrogens is 516 g/mol. The van der Waals surface area contributed by atoms with Crippen LogP contribution in [0.4, 0.5) is 9.59 Å². The van der Waals surface area contributed by atoms with Gasteiger partial charge in [-0.3, -0.25) is 9.80 Å². The highest BCUT2D eigenvalue weighted by Crippen LogP contribution is 2.49. The molecule has 0 spiro atoms. The van der Waals surface area contributed by atoms with E-state index in [1.54, 1.807) is 90.1 Å². The highest BCUT2D eigenvalue weighted by Gasteiger charge is 2.54. The van der Waals surface area contributed by atoms with Gasteiger partial charge < -0.3 is 19.7 Å². The molecule has 2 aliphatic heterocycles. The standard InChI is InChI=1S/C30H36N2O8/c1-29(2,3)39-27(37)31-15-17-11-7-9-13-19(17)21(23(31)25(33)34)22-20-14-10-8-12-18(20)16-32(24(22)26(35)36)28(38)40-30(4,5)6/h7-14,21-24H,15-16H2,1-6H3,(H,33,34)(H,35,36). The van der Waals surface area contributed by atoms with Crippen molar-refractivity contribution in [2.45, 2.75) is 89.8 Å². The largest absolute Gasteiger partial charge is 0.480 e. The molecule has 0 aromatic heterocycles. The van der Waals surface area contributed by atoms with Crippen molar-refractivity contribution in [3.8, 4) is 0 Å². The van der Waals surface area contributed by atoms with Crippen LogP contribution in [0.5, 0.6) is 0 Å². The first-order valence-corrected chi connectivity index (χ1v) is 13.2. The molecule has 2 N–H and O–H groups in total. The van der Waals surface area contributed by atoms with E-state index < -0.39 is 59.2 Å². The van der Waals surface area contributed by atoms with Crippen molar-refractivity contribution in [2.75, 3.05) is 0 Å². The number of carboxylic acid groups (broad SMARTS) is 2. The summed E-state index contributed by atoms with van der Waals surface area (Å²) >= 11 is 0. The van der Waals surface area contributed by atoms with Crippen LogP contribution in [-0.2, 0) is 32.2 Å². The summed E-state index contributed by atoms with van der Waals surface area (Å²) in [6.07, 6.45) is -1.64.